The molecule has 0 radical (unpaired) electrons. The van der Waals surface area contributed by atoms with Crippen LogP contribution in [0.3, 0.4) is 0 Å². The lowest BCUT2D eigenvalue weighted by molar-refractivity contribution is -0.185. The Morgan fingerprint density at radius 2 is 1.72 bits per heavy atom. The van der Waals surface area contributed by atoms with Crippen LogP contribution in [0, 0.1) is 0 Å². The maximum absolute atomic E-state index is 14.2. The van der Waals surface area contributed by atoms with Gasteiger partial charge in [-0.1, -0.05) is 24.3 Å². The highest BCUT2D eigenvalue weighted by atomic mass is 19.3. The summed E-state index contributed by atoms with van der Waals surface area (Å²) in [6, 6.07) is 11.2. The van der Waals surface area contributed by atoms with Gasteiger partial charge in [-0.15, -0.1) is 0 Å². The third kappa shape index (κ3) is 5.67. The zero-order valence-electron chi connectivity index (χ0n) is 13.3. The number of hydrogen-bond donors (Lipinski definition) is 1. The van der Waals surface area contributed by atoms with Crippen LogP contribution in [0.1, 0.15) is 23.1 Å². The average molecular weight is 350 g/mol. The van der Waals surface area contributed by atoms with E-state index in [0.29, 0.717) is 18.4 Å². The van der Waals surface area contributed by atoms with E-state index in [-0.39, 0.29) is 11.3 Å². The first-order valence-corrected chi connectivity index (χ1v) is 7.64. The molecular formula is C19H17F3O3. The van der Waals surface area contributed by atoms with E-state index in [1.165, 1.54) is 54.6 Å². The van der Waals surface area contributed by atoms with E-state index in [0.717, 1.165) is 11.6 Å². The van der Waals surface area contributed by atoms with Crippen molar-refractivity contribution in [2.24, 2.45) is 0 Å². The fourth-order valence-electron chi connectivity index (χ4n) is 2.16. The first-order chi connectivity index (χ1) is 11.9. The minimum absolute atomic E-state index is 0.0426. The van der Waals surface area contributed by atoms with Crippen LogP contribution in [-0.2, 0) is 17.3 Å². The topological polar surface area (TPSA) is 46.5 Å². The third-order valence-electron chi connectivity index (χ3n) is 3.43. The van der Waals surface area contributed by atoms with Gasteiger partial charge in [-0.05, 0) is 54.3 Å². The maximum atomic E-state index is 14.2. The van der Waals surface area contributed by atoms with E-state index >= 15 is 0 Å². The van der Waals surface area contributed by atoms with Gasteiger partial charge in [0.05, 0.1) is 12.2 Å². The van der Waals surface area contributed by atoms with Crippen LogP contribution in [0.5, 0.6) is 5.75 Å². The first-order valence-electron chi connectivity index (χ1n) is 7.64. The Morgan fingerprint density at radius 1 is 1.08 bits per heavy atom. The predicted octanol–water partition coefficient (Wildman–Crippen LogP) is 4.81. The molecule has 132 valence electrons. The third-order valence-corrected chi connectivity index (χ3v) is 3.43. The Bertz CT molecular complexity index is 723. The summed E-state index contributed by atoms with van der Waals surface area (Å²) >= 11 is 0. The van der Waals surface area contributed by atoms with Crippen molar-refractivity contribution < 1.29 is 27.8 Å². The Kier molecular flexibility index (Phi) is 6.22. The van der Waals surface area contributed by atoms with Crippen LogP contribution in [0.4, 0.5) is 13.2 Å². The number of carboxylic acid groups (broad SMARTS) is 1. The van der Waals surface area contributed by atoms with Gasteiger partial charge in [0.1, 0.15) is 5.75 Å². The Hall–Kier alpha value is -2.76. The smallest absolute Gasteiger partial charge is 0.426 e. The van der Waals surface area contributed by atoms with Gasteiger partial charge in [-0.3, -0.25) is 4.39 Å². The maximum Gasteiger partial charge on any atom is 0.426 e. The molecule has 3 nitrogen and oxygen atoms in total. The van der Waals surface area contributed by atoms with Gasteiger partial charge in [0.2, 0.25) is 0 Å². The molecule has 2 rings (SSSR count). The lowest BCUT2D eigenvalue weighted by atomic mass is 10.1. The SMILES string of the molecule is O=C(O)/C=C/c1ccc(OC(F)(F)c2ccc(CCCF)cc2)cc1. The summed E-state index contributed by atoms with van der Waals surface area (Å²) in [7, 11) is 0. The Morgan fingerprint density at radius 3 is 2.28 bits per heavy atom. The van der Waals surface area contributed by atoms with Crippen molar-refractivity contribution >= 4 is 12.0 Å². The molecule has 1 N–H and O–H groups in total. The first kappa shape index (κ1) is 18.6. The highest BCUT2D eigenvalue weighted by Gasteiger charge is 2.34. The van der Waals surface area contributed by atoms with E-state index in [1.54, 1.807) is 0 Å². The van der Waals surface area contributed by atoms with Crippen LogP contribution in [-0.4, -0.2) is 17.8 Å². The molecule has 2 aromatic rings. The molecule has 0 fully saturated rings. The van der Waals surface area contributed by atoms with Gasteiger partial charge >= 0.3 is 12.1 Å². The minimum Gasteiger partial charge on any atom is -0.478 e. The molecule has 6 heteroatoms. The van der Waals surface area contributed by atoms with Crippen molar-refractivity contribution in [3.05, 3.63) is 71.3 Å². The van der Waals surface area contributed by atoms with Crippen LogP contribution >= 0.6 is 0 Å². The fourth-order valence-corrected chi connectivity index (χ4v) is 2.16. The van der Waals surface area contributed by atoms with E-state index in [1.807, 2.05) is 0 Å². The molecule has 0 aliphatic rings. The van der Waals surface area contributed by atoms with Crippen molar-refractivity contribution in [1.29, 1.82) is 0 Å². The number of carboxylic acids is 1. The molecular weight excluding hydrogens is 333 g/mol. The highest BCUT2D eigenvalue weighted by molar-refractivity contribution is 5.85. The fraction of sp³-hybridized carbons (Fsp3) is 0.211. The van der Waals surface area contributed by atoms with Crippen LogP contribution in [0.25, 0.3) is 6.08 Å². The Balaban J connectivity index is 2.05. The summed E-state index contributed by atoms with van der Waals surface area (Å²) < 4.78 is 45.3. The zero-order valence-corrected chi connectivity index (χ0v) is 13.3. The minimum atomic E-state index is -3.52. The average Bonchev–Trinajstić information content (AvgIpc) is 2.59. The van der Waals surface area contributed by atoms with E-state index in [2.05, 4.69) is 0 Å². The van der Waals surface area contributed by atoms with Crippen molar-refractivity contribution in [1.82, 2.24) is 0 Å². The molecule has 0 saturated carbocycles. The monoisotopic (exact) mass is 350 g/mol. The van der Waals surface area contributed by atoms with Gasteiger partial charge in [0.25, 0.3) is 0 Å². The second-order valence-electron chi connectivity index (χ2n) is 5.35. The standard InChI is InChI=1S/C19H17F3O3/c20-13-1-2-14-3-8-16(9-4-14)19(21,22)25-17-10-5-15(6-11-17)7-12-18(23)24/h3-12H,1-2,13H2,(H,23,24)/b12-7+. The van der Waals surface area contributed by atoms with Crippen molar-refractivity contribution in [2.75, 3.05) is 6.67 Å². The lowest BCUT2D eigenvalue weighted by Crippen LogP contribution is -2.21. The molecule has 2 aromatic carbocycles. The number of ether oxygens (including phenoxy) is 1. The van der Waals surface area contributed by atoms with Gasteiger partial charge in [-0.2, -0.15) is 8.78 Å². The highest BCUT2D eigenvalue weighted by Crippen LogP contribution is 2.32. The number of aryl methyl sites for hydroxylation is 1. The van der Waals surface area contributed by atoms with Crippen LogP contribution in [0.15, 0.2) is 54.6 Å². The summed E-state index contributed by atoms with van der Waals surface area (Å²) in [5.74, 6) is -1.14. The number of alkyl halides is 3. The van der Waals surface area contributed by atoms with E-state index in [4.69, 9.17) is 9.84 Å². The van der Waals surface area contributed by atoms with Crippen molar-refractivity contribution in [3.63, 3.8) is 0 Å². The van der Waals surface area contributed by atoms with Gasteiger partial charge in [0.15, 0.2) is 0 Å². The normalized spacial score (nSPS) is 11.6. The van der Waals surface area contributed by atoms with Crippen molar-refractivity contribution in [3.8, 4) is 5.75 Å². The van der Waals surface area contributed by atoms with E-state index in [9.17, 15) is 18.0 Å². The number of halogens is 3. The molecule has 0 heterocycles. The van der Waals surface area contributed by atoms with E-state index < -0.39 is 18.8 Å². The van der Waals surface area contributed by atoms with Crippen LogP contribution in [0.2, 0.25) is 0 Å². The van der Waals surface area contributed by atoms with Crippen molar-refractivity contribution in [2.45, 2.75) is 19.0 Å². The largest absolute Gasteiger partial charge is 0.478 e. The summed E-state index contributed by atoms with van der Waals surface area (Å²) in [6.45, 7) is -0.446. The number of rotatable bonds is 8. The predicted molar refractivity (Wildman–Crippen MR) is 88.4 cm³/mol. The zero-order chi connectivity index (χ0) is 18.3. The second kappa shape index (κ2) is 8.37. The molecule has 0 aliphatic heterocycles. The quantitative estimate of drug-likeness (QED) is 0.695. The molecule has 0 saturated heterocycles. The molecule has 0 aromatic heterocycles. The number of hydrogen-bond acceptors (Lipinski definition) is 2. The Labute approximate surface area is 143 Å². The summed E-state index contributed by atoms with van der Waals surface area (Å²) in [5.41, 5.74) is 1.04. The van der Waals surface area contributed by atoms with Crippen LogP contribution < -0.4 is 4.74 Å². The summed E-state index contributed by atoms with van der Waals surface area (Å²) in [6.07, 6.45) is -0.365. The second-order valence-corrected chi connectivity index (χ2v) is 5.35. The molecule has 0 atom stereocenters. The number of carbonyl (C=O) groups is 1. The molecule has 0 amide bonds. The summed E-state index contributed by atoms with van der Waals surface area (Å²) in [4.78, 5) is 10.4. The molecule has 0 aliphatic carbocycles. The molecule has 25 heavy (non-hydrogen) atoms. The van der Waals surface area contributed by atoms with Gasteiger partial charge in [0, 0.05) is 6.08 Å². The summed E-state index contributed by atoms with van der Waals surface area (Å²) in [5, 5.41) is 8.55. The number of aliphatic carboxylic acids is 1. The molecule has 0 bridgehead atoms. The van der Waals surface area contributed by atoms with Gasteiger partial charge < -0.3 is 9.84 Å². The number of benzene rings is 2. The molecule has 0 unspecified atom stereocenters. The lowest BCUT2D eigenvalue weighted by Gasteiger charge is -2.18. The van der Waals surface area contributed by atoms with Gasteiger partial charge in [-0.25, -0.2) is 4.79 Å². The molecule has 0 spiro atoms.